The normalized spacial score (nSPS) is 15.9. The Morgan fingerprint density at radius 2 is 1.94 bits per heavy atom. The lowest BCUT2D eigenvalue weighted by molar-refractivity contribution is -0.121. The highest BCUT2D eigenvalue weighted by molar-refractivity contribution is 7.98. The van der Waals surface area contributed by atoms with Crippen LogP contribution in [0.15, 0.2) is 53.7 Å². The molecule has 2 N–H and O–H groups in total. The van der Waals surface area contributed by atoms with E-state index in [9.17, 15) is 9.59 Å². The predicted octanol–water partition coefficient (Wildman–Crippen LogP) is 3.75. The van der Waals surface area contributed by atoms with Gasteiger partial charge in [-0.2, -0.15) is 0 Å². The number of amides is 3. The lowest BCUT2D eigenvalue weighted by atomic mass is 10.1. The van der Waals surface area contributed by atoms with Gasteiger partial charge in [0.05, 0.1) is 6.61 Å². The van der Waals surface area contributed by atoms with E-state index in [2.05, 4.69) is 20.8 Å². The molecule has 0 saturated carbocycles. The summed E-state index contributed by atoms with van der Waals surface area (Å²) in [6.45, 7) is 2.52. The second-order valence-electron chi connectivity index (χ2n) is 7.17. The topological polar surface area (TPSA) is 98.1 Å². The first kappa shape index (κ1) is 22.2. The first-order chi connectivity index (χ1) is 15.5. The average Bonchev–Trinajstić information content (AvgIpc) is 3.15. The number of hydrogen-bond donors (Lipinski definition) is 2. The van der Waals surface area contributed by atoms with E-state index >= 15 is 0 Å². The van der Waals surface area contributed by atoms with Crippen LogP contribution in [0.4, 0.5) is 4.79 Å². The highest BCUT2D eigenvalue weighted by atomic mass is 35.5. The smallest absolute Gasteiger partial charge is 0.321 e. The molecule has 0 bridgehead atoms. The van der Waals surface area contributed by atoms with Gasteiger partial charge in [-0.15, -0.1) is 10.2 Å². The molecule has 10 heteroatoms. The van der Waals surface area contributed by atoms with Crippen LogP contribution in [-0.2, 0) is 17.0 Å². The second-order valence-corrected chi connectivity index (χ2v) is 8.52. The van der Waals surface area contributed by atoms with E-state index in [0.29, 0.717) is 34.8 Å². The number of aromatic nitrogens is 3. The van der Waals surface area contributed by atoms with Gasteiger partial charge < -0.3 is 10.1 Å². The number of benzene rings is 2. The zero-order valence-corrected chi connectivity index (χ0v) is 18.9. The molecule has 0 radical (unpaired) electrons. The third-order valence-corrected chi connectivity index (χ3v) is 6.22. The van der Waals surface area contributed by atoms with Gasteiger partial charge >= 0.3 is 6.03 Å². The molecule has 8 nitrogen and oxygen atoms in total. The Hall–Kier alpha value is -3.04. The Labute approximate surface area is 194 Å². The van der Waals surface area contributed by atoms with Gasteiger partial charge in [0.2, 0.25) is 5.91 Å². The third-order valence-electron chi connectivity index (χ3n) is 4.87. The number of rotatable bonds is 8. The zero-order chi connectivity index (χ0) is 22.5. The predicted molar refractivity (Wildman–Crippen MR) is 122 cm³/mol. The number of ether oxygens (including phenoxy) is 1. The molecule has 1 aliphatic heterocycles. The summed E-state index contributed by atoms with van der Waals surface area (Å²) in [6.07, 6.45) is 0.552. The summed E-state index contributed by atoms with van der Waals surface area (Å²) in [7, 11) is 0. The molecule has 0 aliphatic carbocycles. The number of nitrogens with zero attached hydrogens (tertiary/aromatic N) is 3. The van der Waals surface area contributed by atoms with E-state index in [-0.39, 0.29) is 18.4 Å². The van der Waals surface area contributed by atoms with E-state index in [1.54, 1.807) is 0 Å². The third kappa shape index (κ3) is 5.23. The van der Waals surface area contributed by atoms with E-state index in [0.717, 1.165) is 17.0 Å². The number of urea groups is 1. The molecule has 1 aromatic heterocycles. The Morgan fingerprint density at radius 1 is 1.16 bits per heavy atom. The van der Waals surface area contributed by atoms with Crippen molar-refractivity contribution in [3.05, 3.63) is 64.9 Å². The van der Waals surface area contributed by atoms with Gasteiger partial charge in [-0.1, -0.05) is 41.6 Å². The molecule has 1 atom stereocenters. The average molecular weight is 472 g/mol. The molecular formula is C22H22ClN5O3S. The van der Waals surface area contributed by atoms with Crippen molar-refractivity contribution in [2.45, 2.75) is 36.7 Å². The standard InChI is InChI=1S/C22H22ClN5O3S/c1-2-31-17-9-7-16(8-10-17)28-19(11-15-12-20(29)25-21(30)24-15)26-27-22(28)32-13-14-5-3-4-6-18(14)23/h3-10,15H,2,11-13H2,1H3,(H2,24,25,29,30). The summed E-state index contributed by atoms with van der Waals surface area (Å²) in [5, 5.41) is 15.2. The Kier molecular flexibility index (Phi) is 6.96. The Balaban J connectivity index is 1.62. The van der Waals surface area contributed by atoms with E-state index in [1.165, 1.54) is 11.8 Å². The summed E-state index contributed by atoms with van der Waals surface area (Å²) in [5.41, 5.74) is 1.86. The number of carbonyl (C=O) groups excluding carboxylic acids is 2. The summed E-state index contributed by atoms with van der Waals surface area (Å²) in [4.78, 5) is 23.5. The van der Waals surface area contributed by atoms with Crippen LogP contribution >= 0.6 is 23.4 Å². The molecule has 166 valence electrons. The van der Waals surface area contributed by atoms with Crippen LogP contribution in [0.2, 0.25) is 5.02 Å². The molecule has 1 aliphatic rings. The van der Waals surface area contributed by atoms with Gasteiger partial charge in [0.15, 0.2) is 5.16 Å². The number of carbonyl (C=O) groups is 2. The summed E-state index contributed by atoms with van der Waals surface area (Å²) < 4.78 is 7.49. The van der Waals surface area contributed by atoms with Crippen LogP contribution in [0.3, 0.4) is 0 Å². The molecule has 3 aromatic rings. The Morgan fingerprint density at radius 3 is 2.66 bits per heavy atom. The fourth-order valence-electron chi connectivity index (χ4n) is 3.42. The van der Waals surface area contributed by atoms with Crippen molar-refractivity contribution in [1.82, 2.24) is 25.4 Å². The van der Waals surface area contributed by atoms with E-state index in [1.807, 2.05) is 60.0 Å². The van der Waals surface area contributed by atoms with Crippen molar-refractivity contribution in [2.75, 3.05) is 6.61 Å². The molecule has 32 heavy (non-hydrogen) atoms. The number of nitrogens with one attached hydrogen (secondary N) is 2. The van der Waals surface area contributed by atoms with Gasteiger partial charge in [0.1, 0.15) is 11.6 Å². The minimum absolute atomic E-state index is 0.185. The van der Waals surface area contributed by atoms with Crippen molar-refractivity contribution < 1.29 is 14.3 Å². The van der Waals surface area contributed by atoms with Crippen molar-refractivity contribution in [1.29, 1.82) is 0 Å². The highest BCUT2D eigenvalue weighted by Crippen LogP contribution is 2.29. The van der Waals surface area contributed by atoms with Crippen LogP contribution in [-0.4, -0.2) is 39.4 Å². The molecule has 3 amide bonds. The molecule has 0 spiro atoms. The van der Waals surface area contributed by atoms with Crippen LogP contribution in [0.25, 0.3) is 5.69 Å². The van der Waals surface area contributed by atoms with Crippen LogP contribution in [0, 0.1) is 0 Å². The lowest BCUT2D eigenvalue weighted by Gasteiger charge is -2.23. The molecule has 1 fully saturated rings. The van der Waals surface area contributed by atoms with Crippen molar-refractivity contribution in [3.63, 3.8) is 0 Å². The number of thioether (sulfide) groups is 1. The van der Waals surface area contributed by atoms with Crippen LogP contribution in [0.1, 0.15) is 24.7 Å². The zero-order valence-electron chi connectivity index (χ0n) is 17.4. The number of imide groups is 1. The van der Waals surface area contributed by atoms with Gasteiger partial charge in [-0.05, 0) is 42.8 Å². The molecule has 2 heterocycles. The fourth-order valence-corrected chi connectivity index (χ4v) is 4.68. The molecule has 1 unspecified atom stereocenters. The van der Waals surface area contributed by atoms with Gasteiger partial charge in [-0.3, -0.25) is 14.7 Å². The quantitative estimate of drug-likeness (QED) is 0.485. The van der Waals surface area contributed by atoms with Crippen molar-refractivity contribution in [2.24, 2.45) is 0 Å². The second kappa shape index (κ2) is 10.1. The molecular weight excluding hydrogens is 450 g/mol. The monoisotopic (exact) mass is 471 g/mol. The maximum atomic E-state index is 11.8. The van der Waals surface area contributed by atoms with Crippen molar-refractivity contribution in [3.8, 4) is 11.4 Å². The first-order valence-electron chi connectivity index (χ1n) is 10.2. The SMILES string of the molecule is CCOc1ccc(-n2c(CC3CC(=O)NC(=O)N3)nnc2SCc2ccccc2Cl)cc1. The molecule has 2 aromatic carbocycles. The minimum atomic E-state index is -0.494. The lowest BCUT2D eigenvalue weighted by Crippen LogP contribution is -2.53. The van der Waals surface area contributed by atoms with Crippen LogP contribution in [0.5, 0.6) is 5.75 Å². The summed E-state index contributed by atoms with van der Waals surface area (Å²) in [5.74, 6) is 1.74. The molecule has 4 rings (SSSR count). The Bertz CT molecular complexity index is 1100. The number of hydrogen-bond acceptors (Lipinski definition) is 6. The van der Waals surface area contributed by atoms with Gasteiger partial charge in [0.25, 0.3) is 0 Å². The van der Waals surface area contributed by atoms with Crippen LogP contribution < -0.4 is 15.4 Å². The minimum Gasteiger partial charge on any atom is -0.494 e. The largest absolute Gasteiger partial charge is 0.494 e. The maximum absolute atomic E-state index is 11.8. The van der Waals surface area contributed by atoms with Crippen molar-refractivity contribution >= 4 is 35.3 Å². The number of halogens is 1. The van der Waals surface area contributed by atoms with Gasteiger partial charge in [-0.25, -0.2) is 4.79 Å². The van der Waals surface area contributed by atoms with Gasteiger partial charge in [0, 0.05) is 35.3 Å². The van der Waals surface area contributed by atoms with E-state index in [4.69, 9.17) is 16.3 Å². The maximum Gasteiger partial charge on any atom is 0.321 e. The summed E-state index contributed by atoms with van der Waals surface area (Å²) >= 11 is 7.82. The first-order valence-corrected chi connectivity index (χ1v) is 11.5. The summed E-state index contributed by atoms with van der Waals surface area (Å²) in [6, 6.07) is 14.5. The van der Waals surface area contributed by atoms with E-state index < -0.39 is 6.03 Å². The highest BCUT2D eigenvalue weighted by Gasteiger charge is 2.26. The molecule has 1 saturated heterocycles. The fraction of sp³-hybridized carbons (Fsp3) is 0.273.